The zero-order valence-corrected chi connectivity index (χ0v) is 12.4. The number of Topliss-reactive ketones (excluding diaryl/α,β-unsaturated/α-hetero) is 1. The molecule has 0 fully saturated rings. The lowest BCUT2D eigenvalue weighted by atomic mass is 10.0. The van der Waals surface area contributed by atoms with Gasteiger partial charge in [-0.25, -0.2) is 0 Å². The molecule has 94 valence electrons. The minimum atomic E-state index is 0.145. The van der Waals surface area contributed by atoms with Gasteiger partial charge in [-0.05, 0) is 45.8 Å². The number of halogens is 1. The van der Waals surface area contributed by atoms with Crippen molar-refractivity contribution in [1.82, 2.24) is 4.98 Å². The Morgan fingerprint density at radius 3 is 2.79 bits per heavy atom. The number of hydrogen-bond donors (Lipinski definition) is 0. The molecule has 2 aromatic heterocycles. The summed E-state index contributed by atoms with van der Waals surface area (Å²) in [6.45, 7) is 0. The van der Waals surface area contributed by atoms with E-state index < -0.39 is 0 Å². The fourth-order valence-corrected chi connectivity index (χ4v) is 3.36. The molecule has 0 atom stereocenters. The second-order valence-corrected chi connectivity index (χ2v) is 6.65. The Kier molecular flexibility index (Phi) is 3.44. The van der Waals surface area contributed by atoms with E-state index in [-0.39, 0.29) is 5.78 Å². The van der Waals surface area contributed by atoms with E-state index in [9.17, 15) is 4.79 Å². The summed E-state index contributed by atoms with van der Waals surface area (Å²) in [6, 6.07) is 13.6. The average molecular weight is 332 g/mol. The first-order valence-corrected chi connectivity index (χ1v) is 7.46. The fourth-order valence-electron chi connectivity index (χ4n) is 2.03. The number of benzene rings is 1. The van der Waals surface area contributed by atoms with Crippen molar-refractivity contribution in [3.8, 4) is 0 Å². The number of carbonyl (C=O) groups excluding carboxylic acids is 1. The van der Waals surface area contributed by atoms with Crippen molar-refractivity contribution >= 4 is 44.0 Å². The summed E-state index contributed by atoms with van der Waals surface area (Å²) >= 11 is 4.85. The van der Waals surface area contributed by atoms with Crippen LogP contribution in [-0.2, 0) is 6.42 Å². The lowest BCUT2D eigenvalue weighted by Gasteiger charge is -2.04. The van der Waals surface area contributed by atoms with Crippen molar-refractivity contribution in [2.75, 3.05) is 0 Å². The first kappa shape index (κ1) is 12.5. The van der Waals surface area contributed by atoms with Gasteiger partial charge in [-0.3, -0.25) is 9.78 Å². The molecule has 0 aliphatic carbocycles. The molecule has 0 amide bonds. The third-order valence-corrected chi connectivity index (χ3v) is 4.60. The standard InChI is InChI=1S/C15H10BrNOS/c16-15-6-5-14(19-15)13(18)9-10-7-8-17-12-4-2-1-3-11(10)12/h1-8H,9H2. The minimum absolute atomic E-state index is 0.145. The van der Waals surface area contributed by atoms with E-state index in [1.807, 2.05) is 42.5 Å². The molecule has 0 N–H and O–H groups in total. The van der Waals surface area contributed by atoms with Crippen LogP contribution in [0.3, 0.4) is 0 Å². The highest BCUT2D eigenvalue weighted by atomic mass is 79.9. The molecule has 0 saturated heterocycles. The number of rotatable bonds is 3. The van der Waals surface area contributed by atoms with Gasteiger partial charge >= 0.3 is 0 Å². The minimum Gasteiger partial charge on any atom is -0.293 e. The largest absolute Gasteiger partial charge is 0.293 e. The molecule has 2 nitrogen and oxygen atoms in total. The van der Waals surface area contributed by atoms with E-state index in [0.717, 1.165) is 25.1 Å². The van der Waals surface area contributed by atoms with Gasteiger partial charge in [-0.1, -0.05) is 18.2 Å². The lowest BCUT2D eigenvalue weighted by molar-refractivity contribution is 0.0997. The maximum absolute atomic E-state index is 12.2. The van der Waals surface area contributed by atoms with Crippen LogP contribution in [0.1, 0.15) is 15.2 Å². The predicted octanol–water partition coefficient (Wildman–Crippen LogP) is 4.48. The van der Waals surface area contributed by atoms with Crippen LogP contribution in [0.25, 0.3) is 10.9 Å². The third-order valence-electron chi connectivity index (χ3n) is 2.94. The number of para-hydroxylation sites is 1. The molecule has 0 aliphatic rings. The van der Waals surface area contributed by atoms with E-state index in [1.165, 1.54) is 11.3 Å². The highest BCUT2D eigenvalue weighted by molar-refractivity contribution is 9.11. The molecular formula is C15H10BrNOS. The first-order chi connectivity index (χ1) is 9.24. The van der Waals surface area contributed by atoms with Gasteiger partial charge in [-0.15, -0.1) is 11.3 Å². The van der Waals surface area contributed by atoms with Crippen molar-refractivity contribution in [3.05, 3.63) is 62.9 Å². The number of pyridine rings is 1. The van der Waals surface area contributed by atoms with Crippen molar-refractivity contribution in [2.45, 2.75) is 6.42 Å². The molecule has 3 aromatic rings. The summed E-state index contributed by atoms with van der Waals surface area (Å²) in [7, 11) is 0. The van der Waals surface area contributed by atoms with Crippen molar-refractivity contribution < 1.29 is 4.79 Å². The van der Waals surface area contributed by atoms with Crippen LogP contribution >= 0.6 is 27.3 Å². The van der Waals surface area contributed by atoms with Crippen LogP contribution in [0.15, 0.2) is 52.4 Å². The van der Waals surface area contributed by atoms with E-state index in [0.29, 0.717) is 6.42 Å². The molecule has 0 saturated carbocycles. The highest BCUT2D eigenvalue weighted by Crippen LogP contribution is 2.24. The molecule has 0 spiro atoms. The van der Waals surface area contributed by atoms with Gasteiger partial charge in [0.15, 0.2) is 5.78 Å². The van der Waals surface area contributed by atoms with E-state index in [2.05, 4.69) is 20.9 Å². The van der Waals surface area contributed by atoms with E-state index >= 15 is 0 Å². The van der Waals surface area contributed by atoms with Gasteiger partial charge in [0.1, 0.15) is 0 Å². The quantitative estimate of drug-likeness (QED) is 0.662. The maximum atomic E-state index is 12.2. The van der Waals surface area contributed by atoms with Crippen LogP contribution in [0, 0.1) is 0 Å². The van der Waals surface area contributed by atoms with Gasteiger partial charge in [0.05, 0.1) is 14.2 Å². The number of ketones is 1. The predicted molar refractivity (Wildman–Crippen MR) is 81.8 cm³/mol. The molecule has 0 aliphatic heterocycles. The number of carbonyl (C=O) groups is 1. The second kappa shape index (κ2) is 5.23. The SMILES string of the molecule is O=C(Cc1ccnc2ccccc12)c1ccc(Br)s1. The van der Waals surface area contributed by atoms with Crippen molar-refractivity contribution in [2.24, 2.45) is 0 Å². The first-order valence-electron chi connectivity index (χ1n) is 5.85. The lowest BCUT2D eigenvalue weighted by Crippen LogP contribution is -2.02. The molecule has 19 heavy (non-hydrogen) atoms. The Bertz CT molecular complexity index is 745. The summed E-state index contributed by atoms with van der Waals surface area (Å²) in [5, 5.41) is 1.05. The van der Waals surface area contributed by atoms with Gasteiger partial charge in [-0.2, -0.15) is 0 Å². The number of aromatic nitrogens is 1. The Morgan fingerprint density at radius 1 is 1.16 bits per heavy atom. The van der Waals surface area contributed by atoms with Gasteiger partial charge in [0.2, 0.25) is 0 Å². The van der Waals surface area contributed by atoms with Crippen LogP contribution in [-0.4, -0.2) is 10.8 Å². The molecule has 0 bridgehead atoms. The summed E-state index contributed by atoms with van der Waals surface area (Å²) < 4.78 is 0.982. The second-order valence-electron chi connectivity index (χ2n) is 4.19. The van der Waals surface area contributed by atoms with Crippen molar-refractivity contribution in [1.29, 1.82) is 0 Å². The molecule has 1 aromatic carbocycles. The highest BCUT2D eigenvalue weighted by Gasteiger charge is 2.11. The number of thiophene rings is 1. The Hall–Kier alpha value is -1.52. The molecule has 0 unspecified atom stereocenters. The summed E-state index contributed by atoms with van der Waals surface area (Å²) in [5.41, 5.74) is 1.96. The van der Waals surface area contributed by atoms with Gasteiger partial charge in [0, 0.05) is 18.0 Å². The monoisotopic (exact) mass is 331 g/mol. The van der Waals surface area contributed by atoms with E-state index in [1.54, 1.807) is 6.20 Å². The van der Waals surface area contributed by atoms with E-state index in [4.69, 9.17) is 0 Å². The molecular weight excluding hydrogens is 322 g/mol. The van der Waals surface area contributed by atoms with Crippen LogP contribution in [0.5, 0.6) is 0 Å². The van der Waals surface area contributed by atoms with Crippen molar-refractivity contribution in [3.63, 3.8) is 0 Å². The smallest absolute Gasteiger partial charge is 0.177 e. The summed E-state index contributed by atoms with van der Waals surface area (Å²) in [6.07, 6.45) is 2.17. The Morgan fingerprint density at radius 2 is 2.00 bits per heavy atom. The van der Waals surface area contributed by atoms with Crippen LogP contribution in [0.4, 0.5) is 0 Å². The maximum Gasteiger partial charge on any atom is 0.177 e. The topological polar surface area (TPSA) is 30.0 Å². The fraction of sp³-hybridized carbons (Fsp3) is 0.0667. The zero-order chi connectivity index (χ0) is 13.2. The molecule has 3 rings (SSSR count). The summed E-state index contributed by atoms with van der Waals surface area (Å²) in [4.78, 5) is 17.3. The number of nitrogens with zero attached hydrogens (tertiary/aromatic N) is 1. The zero-order valence-electron chi connectivity index (χ0n) is 9.97. The number of hydrogen-bond acceptors (Lipinski definition) is 3. The van der Waals surface area contributed by atoms with Gasteiger partial charge in [0.25, 0.3) is 0 Å². The Labute approximate surface area is 123 Å². The average Bonchev–Trinajstić information content (AvgIpc) is 2.86. The molecule has 2 heterocycles. The number of fused-ring (bicyclic) bond motifs is 1. The third kappa shape index (κ3) is 2.60. The Balaban J connectivity index is 1.95. The molecule has 0 radical (unpaired) electrons. The van der Waals surface area contributed by atoms with Crippen LogP contribution < -0.4 is 0 Å². The summed E-state index contributed by atoms with van der Waals surface area (Å²) in [5.74, 6) is 0.145. The normalized spacial score (nSPS) is 10.8. The van der Waals surface area contributed by atoms with Crippen LogP contribution in [0.2, 0.25) is 0 Å². The van der Waals surface area contributed by atoms with Gasteiger partial charge < -0.3 is 0 Å². The molecule has 4 heteroatoms.